The Balaban J connectivity index is 0.000000696. The third kappa shape index (κ3) is 15.0. The summed E-state index contributed by atoms with van der Waals surface area (Å²) in [5.41, 5.74) is 12.5. The first kappa shape index (κ1) is 45.0. The molecule has 2 heteroatoms. The molecule has 292 valence electrons. The number of nitrogens with zero attached hydrogens (tertiary/aromatic N) is 1. The molecule has 0 saturated heterocycles. The smallest absolute Gasteiger partial charge is 0.0461 e. The summed E-state index contributed by atoms with van der Waals surface area (Å²) in [5, 5.41) is 3.33. The van der Waals surface area contributed by atoms with Crippen molar-refractivity contribution in [1.29, 1.82) is 0 Å². The molecule has 0 amide bonds. The van der Waals surface area contributed by atoms with Crippen molar-refractivity contribution in [2.24, 2.45) is 0 Å². The van der Waals surface area contributed by atoms with Gasteiger partial charge in [-0.2, -0.15) is 0 Å². The summed E-state index contributed by atoms with van der Waals surface area (Å²) >= 11 is 0. The van der Waals surface area contributed by atoms with Crippen LogP contribution in [0.1, 0.15) is 76.1 Å². The van der Waals surface area contributed by atoms with Crippen LogP contribution >= 0.6 is 0 Å². The number of hydrogen-bond acceptors (Lipinski definition) is 2. The molecule has 6 aromatic rings. The molecule has 57 heavy (non-hydrogen) atoms. The van der Waals surface area contributed by atoms with E-state index in [0.717, 1.165) is 40.3 Å². The van der Waals surface area contributed by atoms with Gasteiger partial charge >= 0.3 is 0 Å². The second-order valence-corrected chi connectivity index (χ2v) is 13.0. The van der Waals surface area contributed by atoms with Gasteiger partial charge in [-0.1, -0.05) is 199 Å². The van der Waals surface area contributed by atoms with Crippen LogP contribution in [0.25, 0.3) is 16.7 Å². The topological polar surface area (TPSA) is 15.3 Å². The molecule has 1 atom stereocenters. The van der Waals surface area contributed by atoms with Crippen molar-refractivity contribution in [3.8, 4) is 11.1 Å². The zero-order chi connectivity index (χ0) is 41.3. The number of anilines is 3. The van der Waals surface area contributed by atoms with Gasteiger partial charge in [0.05, 0.1) is 0 Å². The molecule has 0 aliphatic rings. The molecular weight excluding hydrogens is 689 g/mol. The SMILES string of the molecule is C=C(/C=C\C=C/N(c1ccc(C(=C)C/C=C\C)cc1)c1cccc(-c2cccc(C(C)c3ccccc3)c2)c1)Nc1ccccc1.CC.CC.Cc1ccccc1. The average Bonchev–Trinajstić information content (AvgIpc) is 3.28. The Labute approximate surface area is 345 Å². The van der Waals surface area contributed by atoms with Crippen LogP contribution in [0, 0.1) is 6.92 Å². The van der Waals surface area contributed by atoms with E-state index in [0.29, 0.717) is 5.92 Å². The summed E-state index contributed by atoms with van der Waals surface area (Å²) in [4.78, 5) is 2.22. The van der Waals surface area contributed by atoms with Crippen LogP contribution in [0.3, 0.4) is 0 Å². The Hall–Kier alpha value is -6.38. The lowest BCUT2D eigenvalue weighted by Gasteiger charge is -2.22. The lowest BCUT2D eigenvalue weighted by atomic mass is 9.91. The Morgan fingerprint density at radius 3 is 1.77 bits per heavy atom. The molecule has 0 saturated carbocycles. The molecule has 1 unspecified atom stereocenters. The number of nitrogens with one attached hydrogen (secondary N) is 1. The lowest BCUT2D eigenvalue weighted by molar-refractivity contribution is 0.923. The number of rotatable bonds is 13. The van der Waals surface area contributed by atoms with Crippen molar-refractivity contribution in [3.05, 3.63) is 241 Å². The fraction of sp³-hybridized carbons (Fsp3) is 0.164. The van der Waals surface area contributed by atoms with E-state index in [1.165, 1.54) is 27.8 Å². The predicted molar refractivity (Wildman–Crippen MR) is 254 cm³/mol. The van der Waals surface area contributed by atoms with Gasteiger partial charge in [-0.15, -0.1) is 0 Å². The highest BCUT2D eigenvalue weighted by molar-refractivity contribution is 5.75. The molecule has 6 rings (SSSR count). The summed E-state index contributed by atoms with van der Waals surface area (Å²) in [6.45, 7) is 22.8. The highest BCUT2D eigenvalue weighted by Crippen LogP contribution is 2.33. The van der Waals surface area contributed by atoms with Crippen LogP contribution in [0.5, 0.6) is 0 Å². The van der Waals surface area contributed by atoms with Gasteiger partial charge in [0, 0.05) is 34.9 Å². The molecule has 0 heterocycles. The minimum absolute atomic E-state index is 0.308. The fourth-order valence-corrected chi connectivity index (χ4v) is 5.90. The highest BCUT2D eigenvalue weighted by atomic mass is 15.1. The van der Waals surface area contributed by atoms with Crippen molar-refractivity contribution in [2.45, 2.75) is 60.8 Å². The summed E-state index contributed by atoms with van der Waals surface area (Å²) in [6.07, 6.45) is 13.2. The zero-order valence-corrected chi connectivity index (χ0v) is 35.2. The quantitative estimate of drug-likeness (QED) is 0.0934. The van der Waals surface area contributed by atoms with Crippen molar-refractivity contribution < 1.29 is 0 Å². The van der Waals surface area contributed by atoms with Crippen molar-refractivity contribution in [2.75, 3.05) is 10.2 Å². The Morgan fingerprint density at radius 1 is 0.614 bits per heavy atom. The highest BCUT2D eigenvalue weighted by Gasteiger charge is 2.12. The summed E-state index contributed by atoms with van der Waals surface area (Å²) in [7, 11) is 0. The van der Waals surface area contributed by atoms with Crippen LogP contribution in [0.15, 0.2) is 219 Å². The molecule has 0 spiro atoms. The molecule has 1 N–H and O–H groups in total. The minimum atomic E-state index is 0.308. The molecule has 6 aromatic carbocycles. The third-order valence-corrected chi connectivity index (χ3v) is 8.96. The van der Waals surface area contributed by atoms with E-state index in [9.17, 15) is 0 Å². The Bertz CT molecular complexity index is 2120. The van der Waals surface area contributed by atoms with Gasteiger partial charge in [0.15, 0.2) is 0 Å². The summed E-state index contributed by atoms with van der Waals surface area (Å²) < 4.78 is 0. The maximum atomic E-state index is 4.28. The molecule has 0 fully saturated rings. The average molecular weight is 751 g/mol. The number of allylic oxidation sites excluding steroid dienone is 6. The van der Waals surface area contributed by atoms with Crippen molar-refractivity contribution >= 4 is 22.6 Å². The second-order valence-electron chi connectivity index (χ2n) is 13.0. The van der Waals surface area contributed by atoms with Crippen LogP contribution in [-0.2, 0) is 0 Å². The van der Waals surface area contributed by atoms with Crippen molar-refractivity contribution in [3.63, 3.8) is 0 Å². The standard InChI is InChI=1S/C44H42N2.C7H8.2C2H6/c1-5-6-17-34(2)37-27-29-43(30-28-37)46(31-14-13-18-35(3)45-42-24-11-8-12-25-42)44-26-16-23-41(33-44)40-22-15-21-39(32-40)36(4)38-19-9-7-10-20-38;1-7-5-3-2-4-6-7;2*1-2/h5-16,18-33,36,45H,2-3,17H2,1,4H3;2-6H,1H3;2*1-2H3/b6-5-,18-13-,31-14-;;;. The summed E-state index contributed by atoms with van der Waals surface area (Å²) in [5.74, 6) is 0.308. The normalized spacial score (nSPS) is 11.0. The van der Waals surface area contributed by atoms with E-state index in [1.807, 2.05) is 101 Å². The van der Waals surface area contributed by atoms with E-state index in [1.54, 1.807) is 0 Å². The first-order valence-corrected chi connectivity index (χ1v) is 20.2. The van der Waals surface area contributed by atoms with Gasteiger partial charge < -0.3 is 10.2 Å². The van der Waals surface area contributed by atoms with Gasteiger partial charge in [-0.25, -0.2) is 0 Å². The van der Waals surface area contributed by atoms with Crippen LogP contribution < -0.4 is 10.2 Å². The van der Waals surface area contributed by atoms with Crippen LogP contribution in [0.4, 0.5) is 17.1 Å². The van der Waals surface area contributed by atoms with E-state index in [2.05, 4.69) is 171 Å². The van der Waals surface area contributed by atoms with Gasteiger partial charge in [-0.3, -0.25) is 0 Å². The second kappa shape index (κ2) is 25.7. The lowest BCUT2D eigenvalue weighted by Crippen LogP contribution is -2.08. The van der Waals surface area contributed by atoms with E-state index >= 15 is 0 Å². The van der Waals surface area contributed by atoms with Crippen LogP contribution in [-0.4, -0.2) is 0 Å². The van der Waals surface area contributed by atoms with Gasteiger partial charge in [0.25, 0.3) is 0 Å². The molecule has 2 nitrogen and oxygen atoms in total. The molecule has 0 aliphatic carbocycles. The molecular formula is C55H62N2. The molecule has 0 aromatic heterocycles. The number of hydrogen-bond donors (Lipinski definition) is 1. The summed E-state index contributed by atoms with van der Waals surface area (Å²) in [6, 6.07) is 57.3. The maximum Gasteiger partial charge on any atom is 0.0461 e. The number of benzene rings is 6. The minimum Gasteiger partial charge on any atom is -0.356 e. The monoisotopic (exact) mass is 750 g/mol. The number of aryl methyl sites for hydroxylation is 1. The van der Waals surface area contributed by atoms with E-state index in [4.69, 9.17) is 0 Å². The van der Waals surface area contributed by atoms with Gasteiger partial charge in [-0.05, 0) is 102 Å². The maximum absolute atomic E-state index is 4.28. The zero-order valence-electron chi connectivity index (χ0n) is 35.2. The van der Waals surface area contributed by atoms with Gasteiger partial charge in [0.1, 0.15) is 0 Å². The van der Waals surface area contributed by atoms with Gasteiger partial charge in [0.2, 0.25) is 0 Å². The first-order valence-electron chi connectivity index (χ1n) is 20.2. The molecule has 0 aliphatic heterocycles. The van der Waals surface area contributed by atoms with Crippen molar-refractivity contribution in [1.82, 2.24) is 0 Å². The number of para-hydroxylation sites is 1. The largest absolute Gasteiger partial charge is 0.356 e. The molecule has 0 bridgehead atoms. The Kier molecular flexibility index (Phi) is 20.3. The van der Waals surface area contributed by atoms with E-state index in [-0.39, 0.29) is 0 Å². The van der Waals surface area contributed by atoms with Crippen LogP contribution in [0.2, 0.25) is 0 Å². The Morgan fingerprint density at radius 2 is 1.18 bits per heavy atom. The fourth-order valence-electron chi connectivity index (χ4n) is 5.90. The predicted octanol–water partition coefficient (Wildman–Crippen LogP) is 16.4. The molecule has 0 radical (unpaired) electrons. The third-order valence-electron chi connectivity index (χ3n) is 8.96. The first-order chi connectivity index (χ1) is 27.9. The van der Waals surface area contributed by atoms with E-state index < -0.39 is 0 Å².